The lowest BCUT2D eigenvalue weighted by Gasteiger charge is -2.25. The van der Waals surface area contributed by atoms with Gasteiger partial charge < -0.3 is 10.2 Å². The molecule has 1 aliphatic carbocycles. The topological polar surface area (TPSA) is 30.9 Å². The Hall–Kier alpha value is -0.0400. The summed E-state index contributed by atoms with van der Waals surface area (Å²) in [6, 6.07) is 1.44. The normalized spacial score (nSPS) is 26.2. The summed E-state index contributed by atoms with van der Waals surface area (Å²) in [6.45, 7) is 2.45. The summed E-state index contributed by atoms with van der Waals surface area (Å²) in [7, 11) is 5.93. The number of likely N-dealkylation sites (tertiary alicyclic amines) is 1. The third kappa shape index (κ3) is 3.98. The number of hydrogen-bond donors (Lipinski definition) is 1. The number of aliphatic imine (C=N–C) groups is 1. The van der Waals surface area contributed by atoms with E-state index in [2.05, 4.69) is 20.1 Å². The maximum Gasteiger partial charge on any atom is 0.193 e. The van der Waals surface area contributed by atoms with Crippen LogP contribution in [-0.2, 0) is 0 Å². The molecule has 1 atom stereocenters. The Morgan fingerprint density at radius 1 is 1.22 bits per heavy atom. The maximum atomic E-state index is 4.29. The molecule has 0 radical (unpaired) electrons. The van der Waals surface area contributed by atoms with Gasteiger partial charge in [0, 0.05) is 46.3 Å². The fraction of sp³-hybridized carbons (Fsp3) is 0.923. The number of nitrogens with one attached hydrogen (secondary N) is 1. The van der Waals surface area contributed by atoms with Crippen LogP contribution in [-0.4, -0.2) is 62.1 Å². The van der Waals surface area contributed by atoms with Gasteiger partial charge in [-0.25, -0.2) is 0 Å². The predicted molar refractivity (Wildman–Crippen MR) is 87.8 cm³/mol. The van der Waals surface area contributed by atoms with Crippen molar-refractivity contribution in [2.75, 3.05) is 34.2 Å². The summed E-state index contributed by atoms with van der Waals surface area (Å²) in [5, 5.41) is 3.55. The van der Waals surface area contributed by atoms with E-state index in [4.69, 9.17) is 0 Å². The summed E-state index contributed by atoms with van der Waals surface area (Å²) in [6.07, 6.45) is 6.94. The smallest absolute Gasteiger partial charge is 0.193 e. The van der Waals surface area contributed by atoms with Gasteiger partial charge >= 0.3 is 0 Å². The van der Waals surface area contributed by atoms with Crippen molar-refractivity contribution < 1.29 is 0 Å². The minimum absolute atomic E-state index is 0. The molecule has 1 N–H and O–H groups in total. The van der Waals surface area contributed by atoms with E-state index < -0.39 is 0 Å². The Kier molecular flexibility index (Phi) is 6.70. The van der Waals surface area contributed by atoms with Crippen LogP contribution in [0.1, 0.15) is 32.1 Å². The van der Waals surface area contributed by atoms with E-state index in [1.54, 1.807) is 0 Å². The SMILES string of the molecule is CN=C(NC1CCN(C2CCCC2)C1)N(C)C.I. The first-order chi connectivity index (χ1) is 8.20. The molecule has 0 bridgehead atoms. The molecule has 5 heteroatoms. The van der Waals surface area contributed by atoms with Gasteiger partial charge in [-0.1, -0.05) is 12.8 Å². The predicted octanol–water partition coefficient (Wildman–Crippen LogP) is 1.76. The second-order valence-corrected chi connectivity index (χ2v) is 5.50. The number of nitrogens with zero attached hydrogens (tertiary/aromatic N) is 3. The van der Waals surface area contributed by atoms with E-state index >= 15 is 0 Å². The molecular weight excluding hydrogens is 339 g/mol. The lowest BCUT2D eigenvalue weighted by atomic mass is 10.2. The van der Waals surface area contributed by atoms with Gasteiger partial charge in [0.15, 0.2) is 5.96 Å². The standard InChI is InChI=1S/C13H26N4.HI/c1-14-13(16(2)3)15-11-8-9-17(10-11)12-6-4-5-7-12;/h11-12H,4-10H2,1-3H3,(H,14,15);1H. The van der Waals surface area contributed by atoms with Crippen molar-refractivity contribution in [2.45, 2.75) is 44.2 Å². The highest BCUT2D eigenvalue weighted by molar-refractivity contribution is 14.0. The molecule has 1 aliphatic heterocycles. The first kappa shape index (κ1) is 16.0. The van der Waals surface area contributed by atoms with Gasteiger partial charge in [-0.05, 0) is 19.3 Å². The third-order valence-electron chi connectivity index (χ3n) is 4.03. The van der Waals surface area contributed by atoms with Crippen LogP contribution in [0.25, 0.3) is 0 Å². The lowest BCUT2D eigenvalue weighted by Crippen LogP contribution is -2.44. The first-order valence-electron chi connectivity index (χ1n) is 6.85. The minimum Gasteiger partial charge on any atom is -0.352 e. The summed E-state index contributed by atoms with van der Waals surface area (Å²) in [5.41, 5.74) is 0. The fourth-order valence-electron chi connectivity index (χ4n) is 3.08. The van der Waals surface area contributed by atoms with Crippen molar-refractivity contribution in [3.63, 3.8) is 0 Å². The molecule has 1 unspecified atom stereocenters. The van der Waals surface area contributed by atoms with Crippen molar-refractivity contribution in [3.05, 3.63) is 0 Å². The maximum absolute atomic E-state index is 4.29. The highest BCUT2D eigenvalue weighted by atomic mass is 127. The zero-order chi connectivity index (χ0) is 12.3. The number of rotatable bonds is 2. The average molecular weight is 366 g/mol. The molecule has 1 heterocycles. The Morgan fingerprint density at radius 3 is 2.44 bits per heavy atom. The lowest BCUT2D eigenvalue weighted by molar-refractivity contribution is 0.242. The highest BCUT2D eigenvalue weighted by Gasteiger charge is 2.30. The first-order valence-corrected chi connectivity index (χ1v) is 6.85. The zero-order valence-electron chi connectivity index (χ0n) is 11.9. The molecule has 0 aromatic carbocycles. The molecule has 2 fully saturated rings. The molecule has 4 nitrogen and oxygen atoms in total. The quantitative estimate of drug-likeness (QED) is 0.459. The van der Waals surface area contributed by atoms with E-state index in [0.29, 0.717) is 6.04 Å². The van der Waals surface area contributed by atoms with Crippen LogP contribution in [0.3, 0.4) is 0 Å². The molecule has 0 spiro atoms. The van der Waals surface area contributed by atoms with Crippen molar-refractivity contribution in [3.8, 4) is 0 Å². The third-order valence-corrected chi connectivity index (χ3v) is 4.03. The van der Waals surface area contributed by atoms with Crippen molar-refractivity contribution in [1.29, 1.82) is 0 Å². The molecule has 2 rings (SSSR count). The molecule has 0 aromatic heterocycles. The summed E-state index contributed by atoms with van der Waals surface area (Å²) in [5.74, 6) is 1.00. The van der Waals surface area contributed by atoms with Crippen molar-refractivity contribution >= 4 is 29.9 Å². The van der Waals surface area contributed by atoms with Crippen molar-refractivity contribution in [1.82, 2.24) is 15.1 Å². The zero-order valence-corrected chi connectivity index (χ0v) is 14.2. The van der Waals surface area contributed by atoms with Gasteiger partial charge in [0.25, 0.3) is 0 Å². The molecule has 18 heavy (non-hydrogen) atoms. The Labute approximate surface area is 128 Å². The number of hydrogen-bond acceptors (Lipinski definition) is 2. The van der Waals surface area contributed by atoms with Crippen LogP contribution in [0.4, 0.5) is 0 Å². The highest BCUT2D eigenvalue weighted by Crippen LogP contribution is 2.26. The van der Waals surface area contributed by atoms with E-state index in [1.807, 2.05) is 21.1 Å². The van der Waals surface area contributed by atoms with Crippen LogP contribution >= 0.6 is 24.0 Å². The second kappa shape index (κ2) is 7.53. The van der Waals surface area contributed by atoms with Gasteiger partial charge in [0.2, 0.25) is 0 Å². The molecule has 0 aromatic rings. The van der Waals surface area contributed by atoms with Crippen LogP contribution < -0.4 is 5.32 Å². The van der Waals surface area contributed by atoms with Gasteiger partial charge in [-0.3, -0.25) is 9.89 Å². The van der Waals surface area contributed by atoms with Crippen LogP contribution in [0.15, 0.2) is 4.99 Å². The van der Waals surface area contributed by atoms with E-state index in [0.717, 1.165) is 12.0 Å². The van der Waals surface area contributed by atoms with E-state index in [9.17, 15) is 0 Å². The largest absolute Gasteiger partial charge is 0.352 e. The van der Waals surface area contributed by atoms with Crippen LogP contribution in [0, 0.1) is 0 Å². The molecule has 106 valence electrons. The molecule has 0 amide bonds. The molecule has 1 saturated carbocycles. The summed E-state index contributed by atoms with van der Waals surface area (Å²) >= 11 is 0. The van der Waals surface area contributed by atoms with Crippen LogP contribution in [0.2, 0.25) is 0 Å². The van der Waals surface area contributed by atoms with Gasteiger partial charge in [0.1, 0.15) is 0 Å². The molecular formula is C13H27IN4. The summed E-state index contributed by atoms with van der Waals surface area (Å²) in [4.78, 5) is 9.01. The Bertz CT molecular complexity index is 274. The van der Waals surface area contributed by atoms with Crippen molar-refractivity contribution in [2.24, 2.45) is 4.99 Å². The molecule has 2 aliphatic rings. The summed E-state index contributed by atoms with van der Waals surface area (Å²) < 4.78 is 0. The Morgan fingerprint density at radius 2 is 1.89 bits per heavy atom. The van der Waals surface area contributed by atoms with E-state index in [1.165, 1.54) is 45.2 Å². The van der Waals surface area contributed by atoms with Gasteiger partial charge in [-0.2, -0.15) is 0 Å². The number of guanidine groups is 1. The Balaban J connectivity index is 0.00000162. The fourth-order valence-corrected chi connectivity index (χ4v) is 3.08. The van der Waals surface area contributed by atoms with Gasteiger partial charge in [0.05, 0.1) is 0 Å². The number of halogens is 1. The minimum atomic E-state index is 0. The van der Waals surface area contributed by atoms with Crippen LogP contribution in [0.5, 0.6) is 0 Å². The van der Waals surface area contributed by atoms with E-state index in [-0.39, 0.29) is 24.0 Å². The monoisotopic (exact) mass is 366 g/mol. The molecule has 1 saturated heterocycles. The average Bonchev–Trinajstić information content (AvgIpc) is 2.95. The second-order valence-electron chi connectivity index (χ2n) is 5.50. The van der Waals surface area contributed by atoms with Gasteiger partial charge in [-0.15, -0.1) is 24.0 Å².